The number of carbonyl (C=O) groups is 1. The average molecular weight is 371 g/mol. The standard InChI is InChI=1S/C10H11FINO3S/c1-5(14)17-4-7(15)9(16)8-6(12)2-3-13-10(8)11/h2-3,7,9,15-16H,4H2,1H3. The first-order valence-electron chi connectivity index (χ1n) is 4.73. The Bertz CT molecular complexity index is 398. The van der Waals surface area contributed by atoms with Crippen LogP contribution in [0.1, 0.15) is 18.6 Å². The number of aliphatic hydroxyl groups is 2. The summed E-state index contributed by atoms with van der Waals surface area (Å²) in [7, 11) is 0. The fourth-order valence-corrected chi connectivity index (χ4v) is 2.47. The van der Waals surface area contributed by atoms with E-state index in [1.807, 2.05) is 22.6 Å². The number of rotatable bonds is 4. The van der Waals surface area contributed by atoms with Crippen LogP contribution in [0.15, 0.2) is 12.3 Å². The molecule has 0 saturated heterocycles. The smallest absolute Gasteiger partial charge is 0.219 e. The Balaban J connectivity index is 2.81. The third-order valence-corrected chi connectivity index (χ3v) is 3.86. The predicted molar refractivity (Wildman–Crippen MR) is 71.0 cm³/mol. The SMILES string of the molecule is CC(=O)SCC(O)C(O)c1c(I)ccnc1F. The summed E-state index contributed by atoms with van der Waals surface area (Å²) in [6.07, 6.45) is -1.32. The molecule has 2 atom stereocenters. The van der Waals surface area contributed by atoms with E-state index in [4.69, 9.17) is 0 Å². The van der Waals surface area contributed by atoms with E-state index in [0.717, 1.165) is 11.8 Å². The van der Waals surface area contributed by atoms with Crippen LogP contribution in [0.3, 0.4) is 0 Å². The van der Waals surface area contributed by atoms with Crippen LogP contribution in [0, 0.1) is 9.52 Å². The maximum atomic E-state index is 13.4. The van der Waals surface area contributed by atoms with E-state index in [1.165, 1.54) is 19.2 Å². The third-order valence-electron chi connectivity index (χ3n) is 2.01. The molecule has 0 aliphatic carbocycles. The Labute approximate surface area is 116 Å². The largest absolute Gasteiger partial charge is 0.389 e. The second-order valence-corrected chi connectivity index (χ2v) is 5.67. The Morgan fingerprint density at radius 1 is 1.65 bits per heavy atom. The minimum atomic E-state index is -1.39. The number of carbonyl (C=O) groups excluding carboxylic acids is 1. The quantitative estimate of drug-likeness (QED) is 0.620. The minimum Gasteiger partial charge on any atom is -0.389 e. The number of hydrogen-bond acceptors (Lipinski definition) is 5. The first-order chi connectivity index (χ1) is 7.93. The molecule has 0 saturated carbocycles. The number of pyridine rings is 1. The number of thioether (sulfide) groups is 1. The van der Waals surface area contributed by atoms with Gasteiger partial charge in [-0.05, 0) is 28.7 Å². The van der Waals surface area contributed by atoms with Crippen molar-refractivity contribution in [2.75, 3.05) is 5.75 Å². The van der Waals surface area contributed by atoms with Crippen molar-refractivity contribution in [3.05, 3.63) is 27.3 Å². The number of nitrogens with zero attached hydrogens (tertiary/aromatic N) is 1. The Morgan fingerprint density at radius 3 is 2.82 bits per heavy atom. The molecule has 4 nitrogen and oxygen atoms in total. The molecular formula is C10H11FINO3S. The van der Waals surface area contributed by atoms with E-state index in [2.05, 4.69) is 4.98 Å². The van der Waals surface area contributed by atoms with Crippen LogP contribution in [-0.4, -0.2) is 32.2 Å². The summed E-state index contributed by atoms with van der Waals surface area (Å²) < 4.78 is 13.9. The second kappa shape index (κ2) is 6.62. The van der Waals surface area contributed by atoms with Gasteiger partial charge in [0.2, 0.25) is 5.95 Å². The summed E-state index contributed by atoms with van der Waals surface area (Å²) >= 11 is 2.73. The number of aromatic nitrogens is 1. The topological polar surface area (TPSA) is 70.4 Å². The molecular weight excluding hydrogens is 360 g/mol. The van der Waals surface area contributed by atoms with Crippen molar-refractivity contribution in [2.45, 2.75) is 19.1 Å². The fourth-order valence-electron chi connectivity index (χ4n) is 1.18. The Morgan fingerprint density at radius 2 is 2.29 bits per heavy atom. The molecule has 2 N–H and O–H groups in total. The molecule has 0 aromatic carbocycles. The lowest BCUT2D eigenvalue weighted by molar-refractivity contribution is -0.109. The number of halogens is 2. The zero-order chi connectivity index (χ0) is 13.0. The van der Waals surface area contributed by atoms with Crippen molar-refractivity contribution in [3.8, 4) is 0 Å². The lowest BCUT2D eigenvalue weighted by Gasteiger charge is -2.18. The molecule has 1 heterocycles. The van der Waals surface area contributed by atoms with Gasteiger partial charge in [0.05, 0.1) is 11.7 Å². The molecule has 0 bridgehead atoms. The van der Waals surface area contributed by atoms with Gasteiger partial charge in [-0.3, -0.25) is 4.79 Å². The van der Waals surface area contributed by atoms with Gasteiger partial charge in [0.15, 0.2) is 5.12 Å². The molecule has 0 fully saturated rings. The molecule has 0 spiro atoms. The van der Waals surface area contributed by atoms with Gasteiger partial charge in [-0.15, -0.1) is 0 Å². The van der Waals surface area contributed by atoms with Gasteiger partial charge in [-0.1, -0.05) is 11.8 Å². The lowest BCUT2D eigenvalue weighted by atomic mass is 10.1. The average Bonchev–Trinajstić information content (AvgIpc) is 2.25. The first kappa shape index (κ1) is 14.8. The fraction of sp³-hybridized carbons (Fsp3) is 0.400. The van der Waals surface area contributed by atoms with E-state index >= 15 is 0 Å². The second-order valence-electron chi connectivity index (χ2n) is 3.31. The van der Waals surface area contributed by atoms with E-state index < -0.39 is 18.2 Å². The van der Waals surface area contributed by atoms with Gasteiger partial charge in [-0.2, -0.15) is 4.39 Å². The number of aliphatic hydroxyl groups excluding tert-OH is 2. The molecule has 0 aliphatic heterocycles. The summed E-state index contributed by atoms with van der Waals surface area (Å²) in [5.74, 6) is -0.794. The van der Waals surface area contributed by atoms with Gasteiger partial charge in [0, 0.05) is 22.4 Å². The molecule has 0 radical (unpaired) electrons. The van der Waals surface area contributed by atoms with Crippen molar-refractivity contribution >= 4 is 39.5 Å². The summed E-state index contributed by atoms with van der Waals surface area (Å²) in [5.41, 5.74) is -0.0373. The van der Waals surface area contributed by atoms with Crippen LogP contribution < -0.4 is 0 Å². The van der Waals surface area contributed by atoms with Crippen LogP contribution in [0.25, 0.3) is 0 Å². The summed E-state index contributed by atoms with van der Waals surface area (Å²) in [6.45, 7) is 1.36. The molecule has 1 rings (SSSR count). The third kappa shape index (κ3) is 4.16. The van der Waals surface area contributed by atoms with Crippen LogP contribution in [0.2, 0.25) is 0 Å². The van der Waals surface area contributed by atoms with Crippen LogP contribution in [0.5, 0.6) is 0 Å². The van der Waals surface area contributed by atoms with E-state index in [1.54, 1.807) is 0 Å². The molecule has 7 heteroatoms. The summed E-state index contributed by atoms with van der Waals surface area (Å²) in [5, 5.41) is 19.3. The van der Waals surface area contributed by atoms with E-state index in [-0.39, 0.29) is 16.4 Å². The van der Waals surface area contributed by atoms with Gasteiger partial charge >= 0.3 is 0 Å². The highest BCUT2D eigenvalue weighted by molar-refractivity contribution is 14.1. The molecule has 17 heavy (non-hydrogen) atoms. The van der Waals surface area contributed by atoms with Crippen LogP contribution >= 0.6 is 34.4 Å². The van der Waals surface area contributed by atoms with Gasteiger partial charge < -0.3 is 10.2 Å². The van der Waals surface area contributed by atoms with Gasteiger partial charge in [-0.25, -0.2) is 4.98 Å². The molecule has 94 valence electrons. The normalized spacial score (nSPS) is 14.4. The molecule has 0 aliphatic rings. The molecule has 1 aromatic heterocycles. The van der Waals surface area contributed by atoms with Crippen molar-refractivity contribution in [1.29, 1.82) is 0 Å². The monoisotopic (exact) mass is 371 g/mol. The molecule has 2 unspecified atom stereocenters. The predicted octanol–water partition coefficient (Wildman–Crippen LogP) is 1.50. The zero-order valence-electron chi connectivity index (χ0n) is 8.93. The Hall–Kier alpha value is -0.250. The molecule has 0 amide bonds. The van der Waals surface area contributed by atoms with Crippen LogP contribution in [-0.2, 0) is 4.79 Å². The molecule has 1 aromatic rings. The maximum Gasteiger partial charge on any atom is 0.219 e. The highest BCUT2D eigenvalue weighted by atomic mass is 127. The highest BCUT2D eigenvalue weighted by Gasteiger charge is 2.24. The van der Waals surface area contributed by atoms with E-state index in [0.29, 0.717) is 3.57 Å². The first-order valence-corrected chi connectivity index (χ1v) is 6.79. The van der Waals surface area contributed by atoms with Crippen molar-refractivity contribution in [3.63, 3.8) is 0 Å². The Kier molecular flexibility index (Phi) is 5.77. The summed E-state index contributed by atoms with van der Waals surface area (Å²) in [6, 6.07) is 1.53. The van der Waals surface area contributed by atoms with Crippen molar-refractivity contribution in [1.82, 2.24) is 4.98 Å². The number of hydrogen-bond donors (Lipinski definition) is 2. The van der Waals surface area contributed by atoms with Crippen LogP contribution in [0.4, 0.5) is 4.39 Å². The van der Waals surface area contributed by atoms with E-state index in [9.17, 15) is 19.4 Å². The van der Waals surface area contributed by atoms with Gasteiger partial charge in [0.1, 0.15) is 6.10 Å². The summed E-state index contributed by atoms with van der Waals surface area (Å²) in [4.78, 5) is 14.1. The lowest BCUT2D eigenvalue weighted by Crippen LogP contribution is -2.23. The maximum absolute atomic E-state index is 13.4. The minimum absolute atomic E-state index is 0.0148. The zero-order valence-corrected chi connectivity index (χ0v) is 11.9. The van der Waals surface area contributed by atoms with Crippen molar-refractivity contribution < 1.29 is 19.4 Å². The highest BCUT2D eigenvalue weighted by Crippen LogP contribution is 2.26. The van der Waals surface area contributed by atoms with Gasteiger partial charge in [0.25, 0.3) is 0 Å². The van der Waals surface area contributed by atoms with Crippen molar-refractivity contribution in [2.24, 2.45) is 0 Å².